The fraction of sp³-hybridized carbons (Fsp3) is 0.625. The SMILES string of the molecule is CCCCCCC(NN)C1COc2ccccc2C1. The van der Waals surface area contributed by atoms with Crippen LogP contribution in [0.15, 0.2) is 24.3 Å². The van der Waals surface area contributed by atoms with Crippen LogP contribution in [0.5, 0.6) is 5.75 Å². The Morgan fingerprint density at radius 3 is 2.95 bits per heavy atom. The van der Waals surface area contributed by atoms with E-state index in [0.29, 0.717) is 12.0 Å². The number of hydrogen-bond donors (Lipinski definition) is 2. The van der Waals surface area contributed by atoms with Crippen molar-refractivity contribution in [2.75, 3.05) is 6.61 Å². The first-order valence-electron chi connectivity index (χ1n) is 7.52. The van der Waals surface area contributed by atoms with E-state index in [-0.39, 0.29) is 0 Å². The summed E-state index contributed by atoms with van der Waals surface area (Å²) in [5.41, 5.74) is 4.31. The van der Waals surface area contributed by atoms with Crippen LogP contribution in [-0.4, -0.2) is 12.6 Å². The van der Waals surface area contributed by atoms with Gasteiger partial charge in [-0.2, -0.15) is 0 Å². The maximum Gasteiger partial charge on any atom is 0.122 e. The molecule has 3 nitrogen and oxygen atoms in total. The zero-order chi connectivity index (χ0) is 13.5. The highest BCUT2D eigenvalue weighted by Gasteiger charge is 2.26. The first kappa shape index (κ1) is 14.4. The molecule has 1 aliphatic rings. The van der Waals surface area contributed by atoms with Gasteiger partial charge < -0.3 is 4.74 Å². The summed E-state index contributed by atoms with van der Waals surface area (Å²) < 4.78 is 5.85. The van der Waals surface area contributed by atoms with Gasteiger partial charge in [-0.15, -0.1) is 0 Å². The summed E-state index contributed by atoms with van der Waals surface area (Å²) in [6, 6.07) is 8.69. The molecule has 0 bridgehead atoms. The number of hydrogen-bond acceptors (Lipinski definition) is 3. The predicted molar refractivity (Wildman–Crippen MR) is 79.0 cm³/mol. The van der Waals surface area contributed by atoms with Crippen molar-refractivity contribution in [3.63, 3.8) is 0 Å². The molecule has 0 spiro atoms. The molecule has 1 aromatic rings. The van der Waals surface area contributed by atoms with E-state index in [1.54, 1.807) is 0 Å². The molecule has 2 atom stereocenters. The number of fused-ring (bicyclic) bond motifs is 1. The number of para-hydroxylation sites is 1. The molecule has 0 saturated carbocycles. The molecular formula is C16H26N2O. The number of hydrazine groups is 1. The van der Waals surface area contributed by atoms with Crippen molar-refractivity contribution in [3.05, 3.63) is 29.8 Å². The third kappa shape index (κ3) is 3.95. The smallest absolute Gasteiger partial charge is 0.122 e. The van der Waals surface area contributed by atoms with Gasteiger partial charge >= 0.3 is 0 Å². The van der Waals surface area contributed by atoms with Crippen molar-refractivity contribution in [1.82, 2.24) is 5.43 Å². The van der Waals surface area contributed by atoms with Gasteiger partial charge in [-0.1, -0.05) is 50.8 Å². The highest BCUT2D eigenvalue weighted by molar-refractivity contribution is 5.35. The highest BCUT2D eigenvalue weighted by Crippen LogP contribution is 2.29. The minimum absolute atomic E-state index is 0.366. The van der Waals surface area contributed by atoms with Crippen LogP contribution < -0.4 is 16.0 Å². The van der Waals surface area contributed by atoms with Crippen LogP contribution in [0.1, 0.15) is 44.6 Å². The van der Waals surface area contributed by atoms with Crippen LogP contribution in [0.4, 0.5) is 0 Å². The average Bonchev–Trinajstić information content (AvgIpc) is 2.47. The molecule has 3 heteroatoms. The zero-order valence-electron chi connectivity index (χ0n) is 11.9. The van der Waals surface area contributed by atoms with Gasteiger partial charge in [0, 0.05) is 12.0 Å². The van der Waals surface area contributed by atoms with Crippen molar-refractivity contribution in [1.29, 1.82) is 0 Å². The normalized spacial score (nSPS) is 19.6. The van der Waals surface area contributed by atoms with Crippen LogP contribution >= 0.6 is 0 Å². The lowest BCUT2D eigenvalue weighted by Crippen LogP contribution is -2.45. The molecule has 106 valence electrons. The second-order valence-electron chi connectivity index (χ2n) is 5.51. The quantitative estimate of drug-likeness (QED) is 0.451. The summed E-state index contributed by atoms with van der Waals surface area (Å²) in [6.07, 6.45) is 7.37. The van der Waals surface area contributed by atoms with Crippen LogP contribution in [0.2, 0.25) is 0 Å². The molecule has 2 rings (SSSR count). The summed E-state index contributed by atoms with van der Waals surface area (Å²) in [4.78, 5) is 0. The molecular weight excluding hydrogens is 236 g/mol. The van der Waals surface area contributed by atoms with Crippen LogP contribution in [0.3, 0.4) is 0 Å². The minimum Gasteiger partial charge on any atom is -0.493 e. The Balaban J connectivity index is 1.87. The van der Waals surface area contributed by atoms with Gasteiger partial charge in [0.1, 0.15) is 5.75 Å². The number of ether oxygens (including phenoxy) is 1. The highest BCUT2D eigenvalue weighted by atomic mass is 16.5. The second kappa shape index (κ2) is 7.51. The first-order chi connectivity index (χ1) is 9.35. The van der Waals surface area contributed by atoms with Crippen molar-refractivity contribution < 1.29 is 4.74 Å². The average molecular weight is 262 g/mol. The van der Waals surface area contributed by atoms with E-state index in [1.165, 1.54) is 31.2 Å². The Bertz CT molecular complexity index is 381. The Hall–Kier alpha value is -1.06. The van der Waals surface area contributed by atoms with Gasteiger partial charge in [0.25, 0.3) is 0 Å². The van der Waals surface area contributed by atoms with Crippen LogP contribution in [0.25, 0.3) is 0 Å². The second-order valence-corrected chi connectivity index (χ2v) is 5.51. The van der Waals surface area contributed by atoms with E-state index in [1.807, 2.05) is 6.07 Å². The molecule has 0 saturated heterocycles. The molecule has 1 aliphatic heterocycles. The third-order valence-corrected chi connectivity index (χ3v) is 4.06. The Labute approximate surface area is 116 Å². The molecule has 1 aromatic carbocycles. The molecule has 0 fully saturated rings. The third-order valence-electron chi connectivity index (χ3n) is 4.06. The van der Waals surface area contributed by atoms with Gasteiger partial charge in [-0.05, 0) is 24.5 Å². The zero-order valence-corrected chi connectivity index (χ0v) is 11.9. The lowest BCUT2D eigenvalue weighted by atomic mass is 9.88. The lowest BCUT2D eigenvalue weighted by molar-refractivity contribution is 0.178. The minimum atomic E-state index is 0.366. The Morgan fingerprint density at radius 2 is 2.16 bits per heavy atom. The fourth-order valence-electron chi connectivity index (χ4n) is 2.86. The maximum absolute atomic E-state index is 5.85. The van der Waals surface area contributed by atoms with E-state index < -0.39 is 0 Å². The Morgan fingerprint density at radius 1 is 1.32 bits per heavy atom. The van der Waals surface area contributed by atoms with E-state index in [2.05, 4.69) is 30.5 Å². The number of nitrogens with two attached hydrogens (primary N) is 1. The molecule has 19 heavy (non-hydrogen) atoms. The fourth-order valence-corrected chi connectivity index (χ4v) is 2.86. The summed E-state index contributed by atoms with van der Waals surface area (Å²) in [6.45, 7) is 3.02. The summed E-state index contributed by atoms with van der Waals surface area (Å²) in [5.74, 6) is 7.26. The molecule has 1 heterocycles. The lowest BCUT2D eigenvalue weighted by Gasteiger charge is -2.31. The molecule has 0 aromatic heterocycles. The van der Waals surface area contributed by atoms with E-state index in [0.717, 1.165) is 25.2 Å². The van der Waals surface area contributed by atoms with E-state index in [9.17, 15) is 0 Å². The van der Waals surface area contributed by atoms with Gasteiger partial charge in [-0.3, -0.25) is 11.3 Å². The van der Waals surface area contributed by atoms with E-state index in [4.69, 9.17) is 10.6 Å². The number of benzene rings is 1. The number of nitrogens with one attached hydrogen (secondary N) is 1. The van der Waals surface area contributed by atoms with Crippen molar-refractivity contribution >= 4 is 0 Å². The molecule has 3 N–H and O–H groups in total. The Kier molecular flexibility index (Phi) is 5.67. The molecule has 0 aliphatic carbocycles. The van der Waals surface area contributed by atoms with Crippen molar-refractivity contribution in [3.8, 4) is 5.75 Å². The number of unbranched alkanes of at least 4 members (excludes halogenated alkanes) is 3. The van der Waals surface area contributed by atoms with Crippen molar-refractivity contribution in [2.24, 2.45) is 11.8 Å². The monoisotopic (exact) mass is 262 g/mol. The summed E-state index contributed by atoms with van der Waals surface area (Å²) in [7, 11) is 0. The summed E-state index contributed by atoms with van der Waals surface area (Å²) in [5, 5.41) is 0. The van der Waals surface area contributed by atoms with E-state index >= 15 is 0 Å². The standard InChI is InChI=1S/C16H26N2O/c1-2-3-4-5-9-15(18-17)14-11-13-8-6-7-10-16(13)19-12-14/h6-8,10,14-15,18H,2-5,9,11-12,17H2,1H3. The first-order valence-corrected chi connectivity index (χ1v) is 7.52. The van der Waals surface area contributed by atoms with Crippen molar-refractivity contribution in [2.45, 2.75) is 51.5 Å². The van der Waals surface area contributed by atoms with Gasteiger partial charge in [0.2, 0.25) is 0 Å². The van der Waals surface area contributed by atoms with Gasteiger partial charge in [0.05, 0.1) is 6.61 Å². The summed E-state index contributed by atoms with van der Waals surface area (Å²) >= 11 is 0. The number of rotatable bonds is 7. The maximum atomic E-state index is 5.85. The largest absolute Gasteiger partial charge is 0.493 e. The molecule has 0 radical (unpaired) electrons. The predicted octanol–water partition coefficient (Wildman–Crippen LogP) is 3.04. The van der Waals surface area contributed by atoms with Crippen LogP contribution in [0, 0.1) is 5.92 Å². The van der Waals surface area contributed by atoms with Crippen LogP contribution in [-0.2, 0) is 6.42 Å². The van der Waals surface area contributed by atoms with Gasteiger partial charge in [0.15, 0.2) is 0 Å². The molecule has 2 unspecified atom stereocenters. The molecule has 0 amide bonds. The topological polar surface area (TPSA) is 47.3 Å². The van der Waals surface area contributed by atoms with Gasteiger partial charge in [-0.25, -0.2) is 0 Å².